The van der Waals surface area contributed by atoms with Crippen LogP contribution in [0.5, 0.6) is 0 Å². The Balaban J connectivity index is 2.17. The van der Waals surface area contributed by atoms with Gasteiger partial charge in [0.2, 0.25) is 0 Å². The predicted octanol–water partition coefficient (Wildman–Crippen LogP) is 2.14. The van der Waals surface area contributed by atoms with Gasteiger partial charge in [-0.05, 0) is 32.2 Å². The molecule has 4 heteroatoms. The van der Waals surface area contributed by atoms with Gasteiger partial charge in [0.25, 0.3) is 0 Å². The van der Waals surface area contributed by atoms with Gasteiger partial charge in [0.15, 0.2) is 0 Å². The molecule has 0 amide bonds. The maximum atomic E-state index is 5.45. The number of unbranched alkanes of at least 4 members (excludes halogenated alkanes) is 4. The van der Waals surface area contributed by atoms with E-state index in [2.05, 4.69) is 23.4 Å². The molecule has 0 radical (unpaired) electrons. The SMILES string of the molecule is CCCCCCn1cc(CCCCN)nn1. The van der Waals surface area contributed by atoms with Crippen LogP contribution in [0.3, 0.4) is 0 Å². The Labute approximate surface area is 98.2 Å². The van der Waals surface area contributed by atoms with Crippen molar-refractivity contribution in [2.75, 3.05) is 6.54 Å². The van der Waals surface area contributed by atoms with Crippen LogP contribution in [0.25, 0.3) is 0 Å². The van der Waals surface area contributed by atoms with Crippen LogP contribution in [0, 0.1) is 0 Å². The topological polar surface area (TPSA) is 56.7 Å². The van der Waals surface area contributed by atoms with E-state index in [-0.39, 0.29) is 0 Å². The van der Waals surface area contributed by atoms with E-state index in [4.69, 9.17) is 5.73 Å². The quantitative estimate of drug-likeness (QED) is 0.654. The first-order valence-electron chi connectivity index (χ1n) is 6.46. The van der Waals surface area contributed by atoms with Crippen LogP contribution in [0.15, 0.2) is 6.20 Å². The van der Waals surface area contributed by atoms with Crippen LogP contribution in [0.1, 0.15) is 51.1 Å². The molecule has 0 fully saturated rings. The molecule has 0 aliphatic rings. The highest BCUT2D eigenvalue weighted by Gasteiger charge is 2.00. The monoisotopic (exact) mass is 224 g/mol. The molecular formula is C12H24N4. The molecule has 1 rings (SSSR count). The Bertz CT molecular complexity index is 270. The number of hydrogen-bond acceptors (Lipinski definition) is 3. The van der Waals surface area contributed by atoms with Gasteiger partial charge in [-0.25, -0.2) is 0 Å². The summed E-state index contributed by atoms with van der Waals surface area (Å²) in [5.74, 6) is 0. The number of hydrogen-bond donors (Lipinski definition) is 1. The summed E-state index contributed by atoms with van der Waals surface area (Å²) in [6.45, 7) is 4.00. The summed E-state index contributed by atoms with van der Waals surface area (Å²) in [5.41, 5.74) is 6.55. The van der Waals surface area contributed by atoms with Crippen LogP contribution in [-0.4, -0.2) is 21.5 Å². The average molecular weight is 224 g/mol. The van der Waals surface area contributed by atoms with Crippen molar-refractivity contribution in [1.82, 2.24) is 15.0 Å². The average Bonchev–Trinajstić information content (AvgIpc) is 2.73. The minimum Gasteiger partial charge on any atom is -0.330 e. The zero-order valence-corrected chi connectivity index (χ0v) is 10.4. The Morgan fingerprint density at radius 3 is 2.81 bits per heavy atom. The summed E-state index contributed by atoms with van der Waals surface area (Å²) in [7, 11) is 0. The molecule has 92 valence electrons. The first-order chi connectivity index (χ1) is 7.86. The largest absolute Gasteiger partial charge is 0.330 e. The standard InChI is InChI=1S/C12H24N4/c1-2-3-4-7-10-16-11-12(14-15-16)8-5-6-9-13/h11H,2-10,13H2,1H3. The van der Waals surface area contributed by atoms with Crippen LogP contribution in [0.2, 0.25) is 0 Å². The molecule has 0 unspecified atom stereocenters. The maximum Gasteiger partial charge on any atom is 0.0827 e. The van der Waals surface area contributed by atoms with Gasteiger partial charge in [0, 0.05) is 12.7 Å². The summed E-state index contributed by atoms with van der Waals surface area (Å²) in [6, 6.07) is 0. The highest BCUT2D eigenvalue weighted by atomic mass is 15.4. The van der Waals surface area contributed by atoms with E-state index in [0.29, 0.717) is 0 Å². The Morgan fingerprint density at radius 1 is 1.19 bits per heavy atom. The molecule has 2 N–H and O–H groups in total. The Morgan fingerprint density at radius 2 is 2.06 bits per heavy atom. The minimum atomic E-state index is 0.769. The fourth-order valence-electron chi connectivity index (χ4n) is 1.71. The third-order valence-electron chi connectivity index (χ3n) is 2.71. The molecule has 0 spiro atoms. The van der Waals surface area contributed by atoms with Gasteiger partial charge in [-0.15, -0.1) is 5.10 Å². The van der Waals surface area contributed by atoms with Crippen molar-refractivity contribution in [2.45, 2.75) is 58.4 Å². The molecule has 0 aliphatic heterocycles. The molecule has 0 atom stereocenters. The second-order valence-corrected chi connectivity index (χ2v) is 4.28. The summed E-state index contributed by atoms with van der Waals surface area (Å²) in [6.07, 6.45) is 10.4. The lowest BCUT2D eigenvalue weighted by Gasteiger charge is -1.98. The van der Waals surface area contributed by atoms with E-state index >= 15 is 0 Å². The molecule has 1 aromatic heterocycles. The van der Waals surface area contributed by atoms with Gasteiger partial charge in [-0.1, -0.05) is 31.4 Å². The summed E-state index contributed by atoms with van der Waals surface area (Å²) in [5, 5.41) is 8.29. The number of aryl methyl sites for hydroxylation is 2. The number of rotatable bonds is 9. The van der Waals surface area contributed by atoms with Gasteiger partial charge < -0.3 is 5.73 Å². The Kier molecular flexibility index (Phi) is 6.81. The normalized spacial score (nSPS) is 10.9. The summed E-state index contributed by atoms with van der Waals surface area (Å²) in [4.78, 5) is 0. The lowest BCUT2D eigenvalue weighted by molar-refractivity contribution is 0.527. The van der Waals surface area contributed by atoms with Crippen molar-refractivity contribution in [3.05, 3.63) is 11.9 Å². The smallest absolute Gasteiger partial charge is 0.0827 e. The van der Waals surface area contributed by atoms with Gasteiger partial charge in [-0.3, -0.25) is 4.68 Å². The van der Waals surface area contributed by atoms with Crippen molar-refractivity contribution in [3.63, 3.8) is 0 Å². The molecule has 1 aromatic rings. The number of nitrogens with zero attached hydrogens (tertiary/aromatic N) is 3. The van der Waals surface area contributed by atoms with Crippen molar-refractivity contribution in [2.24, 2.45) is 5.73 Å². The van der Waals surface area contributed by atoms with E-state index in [0.717, 1.165) is 38.0 Å². The summed E-state index contributed by atoms with van der Waals surface area (Å²) >= 11 is 0. The van der Waals surface area contributed by atoms with Crippen LogP contribution in [0.4, 0.5) is 0 Å². The summed E-state index contributed by atoms with van der Waals surface area (Å²) < 4.78 is 1.97. The van der Waals surface area contributed by atoms with E-state index in [9.17, 15) is 0 Å². The van der Waals surface area contributed by atoms with Crippen molar-refractivity contribution in [1.29, 1.82) is 0 Å². The molecule has 4 nitrogen and oxygen atoms in total. The molecular weight excluding hydrogens is 200 g/mol. The van der Waals surface area contributed by atoms with Gasteiger partial charge in [0.05, 0.1) is 5.69 Å². The lowest BCUT2D eigenvalue weighted by atomic mass is 10.2. The van der Waals surface area contributed by atoms with Crippen LogP contribution < -0.4 is 5.73 Å². The first-order valence-corrected chi connectivity index (χ1v) is 6.46. The zero-order valence-electron chi connectivity index (χ0n) is 10.4. The predicted molar refractivity (Wildman–Crippen MR) is 66.2 cm³/mol. The Hall–Kier alpha value is -0.900. The van der Waals surface area contributed by atoms with Crippen molar-refractivity contribution < 1.29 is 0 Å². The van der Waals surface area contributed by atoms with Crippen molar-refractivity contribution in [3.8, 4) is 0 Å². The van der Waals surface area contributed by atoms with E-state index in [1.54, 1.807) is 0 Å². The van der Waals surface area contributed by atoms with Gasteiger partial charge in [0.1, 0.15) is 0 Å². The minimum absolute atomic E-state index is 0.769. The molecule has 0 aliphatic carbocycles. The third kappa shape index (κ3) is 5.26. The van der Waals surface area contributed by atoms with Crippen molar-refractivity contribution >= 4 is 0 Å². The second kappa shape index (κ2) is 8.28. The zero-order chi connectivity index (χ0) is 11.6. The van der Waals surface area contributed by atoms with Gasteiger partial charge >= 0.3 is 0 Å². The molecule has 0 saturated heterocycles. The van der Waals surface area contributed by atoms with E-state index < -0.39 is 0 Å². The highest BCUT2D eigenvalue weighted by molar-refractivity contribution is 4.92. The van der Waals surface area contributed by atoms with Gasteiger partial charge in [-0.2, -0.15) is 0 Å². The maximum absolute atomic E-state index is 5.45. The molecule has 0 saturated carbocycles. The lowest BCUT2D eigenvalue weighted by Crippen LogP contribution is -1.99. The molecule has 0 aromatic carbocycles. The fourth-order valence-corrected chi connectivity index (χ4v) is 1.71. The number of nitrogens with two attached hydrogens (primary N) is 1. The van der Waals surface area contributed by atoms with Crippen LogP contribution >= 0.6 is 0 Å². The first kappa shape index (κ1) is 13.2. The third-order valence-corrected chi connectivity index (χ3v) is 2.71. The fraction of sp³-hybridized carbons (Fsp3) is 0.833. The molecule has 1 heterocycles. The van der Waals surface area contributed by atoms with E-state index in [1.807, 2.05) is 4.68 Å². The molecule has 0 bridgehead atoms. The van der Waals surface area contributed by atoms with E-state index in [1.165, 1.54) is 25.7 Å². The second-order valence-electron chi connectivity index (χ2n) is 4.28. The number of aromatic nitrogens is 3. The van der Waals surface area contributed by atoms with Crippen LogP contribution in [-0.2, 0) is 13.0 Å². The highest BCUT2D eigenvalue weighted by Crippen LogP contribution is 2.03. The molecule has 16 heavy (non-hydrogen) atoms.